The van der Waals surface area contributed by atoms with Crippen molar-refractivity contribution in [2.75, 3.05) is 10.6 Å². The standard InChI is InChI=1S/C24H21F3N2O3/c25-24(26,27)15-5-6-16-14(13-23(9-2-10-23)32-20(16)12-15)11-22(31)29-19-4-1-3-18-17(19)7-8-21(30)28-18/h1,3-6,11-12H,2,7-10,13H2,(H,28,30)(H,29,31)/b14-11+. The molecule has 2 aromatic rings. The van der Waals surface area contributed by atoms with E-state index in [1.165, 1.54) is 12.1 Å². The van der Waals surface area contributed by atoms with Crippen LogP contribution in [0.1, 0.15) is 48.8 Å². The lowest BCUT2D eigenvalue weighted by Gasteiger charge is -2.46. The first-order chi connectivity index (χ1) is 15.2. The molecule has 1 aliphatic carbocycles. The maximum Gasteiger partial charge on any atom is 0.416 e. The molecule has 32 heavy (non-hydrogen) atoms. The highest BCUT2D eigenvalue weighted by Gasteiger charge is 2.44. The molecule has 8 heteroatoms. The highest BCUT2D eigenvalue weighted by atomic mass is 19.4. The summed E-state index contributed by atoms with van der Waals surface area (Å²) in [7, 11) is 0. The fraction of sp³-hybridized carbons (Fsp3) is 0.333. The zero-order chi connectivity index (χ0) is 22.5. The Morgan fingerprint density at radius 3 is 2.69 bits per heavy atom. The van der Waals surface area contributed by atoms with Gasteiger partial charge in [0.2, 0.25) is 11.8 Å². The first kappa shape index (κ1) is 20.6. The second-order valence-electron chi connectivity index (χ2n) is 8.56. The lowest BCUT2D eigenvalue weighted by molar-refractivity contribution is -0.138. The Kier molecular flexibility index (Phi) is 4.76. The average Bonchev–Trinajstić information content (AvgIpc) is 2.71. The van der Waals surface area contributed by atoms with E-state index in [-0.39, 0.29) is 17.6 Å². The van der Waals surface area contributed by atoms with E-state index >= 15 is 0 Å². The summed E-state index contributed by atoms with van der Waals surface area (Å²) in [4.78, 5) is 24.5. The van der Waals surface area contributed by atoms with Crippen LogP contribution in [0.2, 0.25) is 0 Å². The summed E-state index contributed by atoms with van der Waals surface area (Å²) < 4.78 is 45.6. The third kappa shape index (κ3) is 3.74. The number of anilines is 2. The van der Waals surface area contributed by atoms with Crippen molar-refractivity contribution in [2.45, 2.75) is 50.3 Å². The lowest BCUT2D eigenvalue weighted by Crippen LogP contribution is -2.45. The molecule has 5 nitrogen and oxygen atoms in total. The maximum absolute atomic E-state index is 13.2. The summed E-state index contributed by atoms with van der Waals surface area (Å²) in [5.41, 5.74) is 2.01. The predicted molar refractivity (Wildman–Crippen MR) is 113 cm³/mol. The van der Waals surface area contributed by atoms with Crippen molar-refractivity contribution >= 4 is 28.8 Å². The molecule has 1 saturated carbocycles. The molecule has 0 unspecified atom stereocenters. The minimum Gasteiger partial charge on any atom is -0.486 e. The Bertz CT molecular complexity index is 1150. The van der Waals surface area contributed by atoms with Gasteiger partial charge in [-0.15, -0.1) is 0 Å². The van der Waals surface area contributed by atoms with Crippen LogP contribution in [0.3, 0.4) is 0 Å². The van der Waals surface area contributed by atoms with Gasteiger partial charge in [-0.25, -0.2) is 0 Å². The molecule has 2 aromatic carbocycles. The van der Waals surface area contributed by atoms with Crippen LogP contribution in [0.25, 0.3) is 5.57 Å². The number of rotatable bonds is 2. The summed E-state index contributed by atoms with van der Waals surface area (Å²) in [6.07, 6.45) is 0.754. The number of benzene rings is 2. The number of carbonyl (C=O) groups is 2. The monoisotopic (exact) mass is 442 g/mol. The van der Waals surface area contributed by atoms with Gasteiger partial charge in [0.25, 0.3) is 0 Å². The number of ether oxygens (including phenoxy) is 1. The minimum absolute atomic E-state index is 0.0640. The van der Waals surface area contributed by atoms with Crippen LogP contribution in [0.5, 0.6) is 5.75 Å². The highest BCUT2D eigenvalue weighted by Crippen LogP contribution is 2.50. The molecule has 0 aromatic heterocycles. The van der Waals surface area contributed by atoms with Crippen LogP contribution in [0, 0.1) is 0 Å². The first-order valence-electron chi connectivity index (χ1n) is 10.6. The van der Waals surface area contributed by atoms with Gasteiger partial charge >= 0.3 is 6.18 Å². The number of halogens is 3. The molecule has 0 bridgehead atoms. The van der Waals surface area contributed by atoms with E-state index in [9.17, 15) is 22.8 Å². The summed E-state index contributed by atoms with van der Waals surface area (Å²) in [5, 5.41) is 5.67. The molecular formula is C24H21F3N2O3. The van der Waals surface area contributed by atoms with Crippen molar-refractivity contribution in [1.82, 2.24) is 0 Å². The average molecular weight is 442 g/mol. The Morgan fingerprint density at radius 1 is 1.16 bits per heavy atom. The van der Waals surface area contributed by atoms with Crippen molar-refractivity contribution in [3.63, 3.8) is 0 Å². The molecule has 0 saturated heterocycles. The van der Waals surface area contributed by atoms with Gasteiger partial charge < -0.3 is 15.4 Å². The van der Waals surface area contributed by atoms with Gasteiger partial charge in [0.05, 0.1) is 5.56 Å². The number of nitrogens with one attached hydrogen (secondary N) is 2. The molecular weight excluding hydrogens is 421 g/mol. The van der Waals surface area contributed by atoms with Crippen LogP contribution in [0.4, 0.5) is 24.5 Å². The molecule has 5 rings (SSSR count). The van der Waals surface area contributed by atoms with Gasteiger partial charge in [0.15, 0.2) is 0 Å². The summed E-state index contributed by atoms with van der Waals surface area (Å²) >= 11 is 0. The van der Waals surface area contributed by atoms with Crippen molar-refractivity contribution in [2.24, 2.45) is 0 Å². The molecule has 2 heterocycles. The molecule has 2 N–H and O–H groups in total. The summed E-state index contributed by atoms with van der Waals surface area (Å²) in [6, 6.07) is 8.72. The van der Waals surface area contributed by atoms with Crippen molar-refractivity contribution in [3.05, 3.63) is 59.2 Å². The second kappa shape index (κ2) is 7.39. The van der Waals surface area contributed by atoms with Crippen molar-refractivity contribution < 1.29 is 27.5 Å². The van der Waals surface area contributed by atoms with Crippen LogP contribution in [0.15, 0.2) is 42.5 Å². The van der Waals surface area contributed by atoms with Crippen LogP contribution in [-0.2, 0) is 22.2 Å². The molecule has 0 radical (unpaired) electrons. The van der Waals surface area contributed by atoms with Gasteiger partial charge in [-0.05, 0) is 61.1 Å². The van der Waals surface area contributed by atoms with E-state index in [1.54, 1.807) is 18.2 Å². The molecule has 166 valence electrons. The SMILES string of the molecule is O=C(/C=C1\CC2(CCC2)Oc2cc(C(F)(F)F)ccc21)Nc1cccc2c1CCC(=O)N2. The third-order valence-corrected chi connectivity index (χ3v) is 6.37. The molecule has 1 fully saturated rings. The zero-order valence-electron chi connectivity index (χ0n) is 17.1. The first-order valence-corrected chi connectivity index (χ1v) is 10.6. The fourth-order valence-corrected chi connectivity index (χ4v) is 4.61. The highest BCUT2D eigenvalue weighted by molar-refractivity contribution is 6.06. The van der Waals surface area contributed by atoms with Crippen LogP contribution >= 0.6 is 0 Å². The normalized spacial score (nSPS) is 20.0. The van der Waals surface area contributed by atoms with Gasteiger partial charge in [0, 0.05) is 35.9 Å². The predicted octanol–water partition coefficient (Wildman–Crippen LogP) is 5.32. The van der Waals surface area contributed by atoms with Crippen LogP contribution in [-0.4, -0.2) is 17.4 Å². The van der Waals surface area contributed by atoms with Crippen molar-refractivity contribution in [1.29, 1.82) is 0 Å². The number of alkyl halides is 3. The largest absolute Gasteiger partial charge is 0.486 e. The van der Waals surface area contributed by atoms with Gasteiger partial charge in [0.1, 0.15) is 11.4 Å². The summed E-state index contributed by atoms with van der Waals surface area (Å²) in [6.45, 7) is 0. The third-order valence-electron chi connectivity index (χ3n) is 6.37. The van der Waals surface area contributed by atoms with Crippen LogP contribution < -0.4 is 15.4 Å². The number of hydrogen-bond donors (Lipinski definition) is 2. The Labute approximate surface area is 182 Å². The summed E-state index contributed by atoms with van der Waals surface area (Å²) in [5.74, 6) is -0.261. The minimum atomic E-state index is -4.47. The van der Waals surface area contributed by atoms with Gasteiger partial charge in [-0.2, -0.15) is 13.2 Å². The maximum atomic E-state index is 13.2. The van der Waals surface area contributed by atoms with Gasteiger partial charge in [-0.3, -0.25) is 9.59 Å². The molecule has 1 spiro atoms. The Balaban J connectivity index is 1.46. The topological polar surface area (TPSA) is 67.4 Å². The number of hydrogen-bond acceptors (Lipinski definition) is 3. The van der Waals surface area contributed by atoms with E-state index < -0.39 is 17.3 Å². The quantitative estimate of drug-likeness (QED) is 0.619. The smallest absolute Gasteiger partial charge is 0.416 e. The Morgan fingerprint density at radius 2 is 1.97 bits per heavy atom. The van der Waals surface area contributed by atoms with E-state index in [0.29, 0.717) is 41.8 Å². The van der Waals surface area contributed by atoms with E-state index in [0.717, 1.165) is 37.0 Å². The van der Waals surface area contributed by atoms with Gasteiger partial charge in [-0.1, -0.05) is 12.1 Å². The lowest BCUT2D eigenvalue weighted by atomic mass is 9.72. The molecule has 3 aliphatic rings. The van der Waals surface area contributed by atoms with E-state index in [1.807, 2.05) is 0 Å². The number of amides is 2. The number of fused-ring (bicyclic) bond motifs is 2. The van der Waals surface area contributed by atoms with Crippen molar-refractivity contribution in [3.8, 4) is 5.75 Å². The fourth-order valence-electron chi connectivity index (χ4n) is 4.61. The molecule has 2 aliphatic heterocycles. The molecule has 2 amide bonds. The molecule has 0 atom stereocenters. The zero-order valence-corrected chi connectivity index (χ0v) is 17.1. The second-order valence-corrected chi connectivity index (χ2v) is 8.56. The van der Waals surface area contributed by atoms with E-state index in [2.05, 4.69) is 10.6 Å². The Hall–Kier alpha value is -3.29. The number of carbonyl (C=O) groups excluding carboxylic acids is 2. The van der Waals surface area contributed by atoms with E-state index in [4.69, 9.17) is 4.74 Å².